The fourth-order valence-electron chi connectivity index (χ4n) is 6.73. The minimum absolute atomic E-state index is 0. The van der Waals surface area contributed by atoms with E-state index in [1.54, 1.807) is 18.5 Å². The molecule has 4 heteroatoms. The molecule has 2 aromatic carbocycles. The van der Waals surface area contributed by atoms with Crippen molar-refractivity contribution in [1.82, 2.24) is 0 Å². The number of benzene rings is 2. The zero-order valence-corrected chi connectivity index (χ0v) is 28.5. The van der Waals surface area contributed by atoms with Crippen molar-refractivity contribution in [3.8, 4) is 0 Å². The third-order valence-corrected chi connectivity index (χ3v) is 15.0. The van der Waals surface area contributed by atoms with Gasteiger partial charge in [0.25, 0.3) is 0 Å². The summed E-state index contributed by atoms with van der Waals surface area (Å²) in [6, 6.07) is 22.6. The van der Waals surface area contributed by atoms with Crippen LogP contribution in [0.1, 0.15) is 78.1 Å². The Morgan fingerprint density at radius 3 is 1.45 bits per heavy atom. The van der Waals surface area contributed by atoms with Crippen molar-refractivity contribution in [2.45, 2.75) is 95.0 Å². The van der Waals surface area contributed by atoms with E-state index in [4.69, 9.17) is 5.11 Å². The molecular formula is C38H50FeOP2. The van der Waals surface area contributed by atoms with Crippen LogP contribution in [-0.4, -0.2) is 28.7 Å². The fourth-order valence-corrected chi connectivity index (χ4v) is 13.7. The molecule has 1 atom stereocenters. The molecule has 4 aliphatic carbocycles. The topological polar surface area (TPSA) is 20.2 Å². The zero-order chi connectivity index (χ0) is 28.7. The van der Waals surface area contributed by atoms with Crippen molar-refractivity contribution in [3.05, 3.63) is 124 Å². The molecule has 6 rings (SSSR count). The second-order valence-electron chi connectivity index (χ2n) is 11.4. The van der Waals surface area contributed by atoms with E-state index in [2.05, 4.69) is 86.8 Å². The van der Waals surface area contributed by atoms with Gasteiger partial charge in [-0.3, -0.25) is 0 Å². The number of aliphatic hydroxyl groups is 1. The first-order valence-electron chi connectivity index (χ1n) is 15.9. The Morgan fingerprint density at radius 2 is 1.05 bits per heavy atom. The Kier molecular flexibility index (Phi) is 17.9. The maximum absolute atomic E-state index is 7.57. The molecule has 1 N–H and O–H groups in total. The van der Waals surface area contributed by atoms with Gasteiger partial charge in [-0.05, 0) is 125 Å². The van der Waals surface area contributed by atoms with Gasteiger partial charge in [0.15, 0.2) is 0 Å². The molecule has 0 heterocycles. The average molecular weight is 641 g/mol. The predicted molar refractivity (Wildman–Crippen MR) is 183 cm³/mol. The summed E-state index contributed by atoms with van der Waals surface area (Å²) in [5, 5.41) is 10.5. The van der Waals surface area contributed by atoms with Crippen LogP contribution in [0.4, 0.5) is 0 Å². The molecule has 0 saturated heterocycles. The van der Waals surface area contributed by atoms with Crippen molar-refractivity contribution in [2.75, 3.05) is 6.61 Å². The van der Waals surface area contributed by atoms with E-state index in [-0.39, 0.29) is 31.6 Å². The van der Waals surface area contributed by atoms with Gasteiger partial charge in [-0.15, -0.1) is 0 Å². The van der Waals surface area contributed by atoms with E-state index in [9.17, 15) is 0 Å². The number of hydrogen-bond acceptors (Lipinski definition) is 1. The summed E-state index contributed by atoms with van der Waals surface area (Å²) in [4.78, 5) is 0. The maximum atomic E-state index is 7.57. The molecule has 0 amide bonds. The smallest absolute Gasteiger partial charge is 0.0402 e. The SMILES string of the molecule is CCO.C[C@H]([C]1[CH][CH][CH][C]1P(c1ccccc1)c1ccccc1)P(C1CCCCC1)C1CCCCC1.[CH]1[CH][CH][CH][CH]1.[Fe]. The van der Waals surface area contributed by atoms with Gasteiger partial charge in [-0.1, -0.05) is 114 Å². The summed E-state index contributed by atoms with van der Waals surface area (Å²) >= 11 is 0. The molecule has 0 bridgehead atoms. The number of rotatable bonds is 7. The van der Waals surface area contributed by atoms with Gasteiger partial charge < -0.3 is 5.11 Å². The quantitative estimate of drug-likeness (QED) is 0.236. The Bertz CT molecular complexity index is 860. The van der Waals surface area contributed by atoms with Crippen LogP contribution in [0.25, 0.3) is 0 Å². The number of hydrogen-bond donors (Lipinski definition) is 1. The van der Waals surface area contributed by atoms with Gasteiger partial charge in [0, 0.05) is 29.3 Å². The average Bonchev–Trinajstić information content (AvgIpc) is 3.77. The molecule has 10 radical (unpaired) electrons. The minimum atomic E-state index is -0.511. The summed E-state index contributed by atoms with van der Waals surface area (Å²) in [6.07, 6.45) is 32.1. The van der Waals surface area contributed by atoms with Crippen LogP contribution >= 0.6 is 15.8 Å². The number of aliphatic hydroxyl groups excluding tert-OH is 1. The van der Waals surface area contributed by atoms with E-state index >= 15 is 0 Å². The molecule has 0 aliphatic heterocycles. The Hall–Kier alpha value is -0.221. The monoisotopic (exact) mass is 640 g/mol. The molecular weight excluding hydrogens is 590 g/mol. The Morgan fingerprint density at radius 1 is 0.643 bits per heavy atom. The van der Waals surface area contributed by atoms with Gasteiger partial charge in [0.1, 0.15) is 0 Å². The summed E-state index contributed by atoms with van der Waals surface area (Å²) < 4.78 is 0. The van der Waals surface area contributed by atoms with E-state index < -0.39 is 7.92 Å². The first kappa shape index (κ1) is 36.2. The predicted octanol–water partition coefficient (Wildman–Crippen LogP) is 9.41. The molecule has 0 spiro atoms. The van der Waals surface area contributed by atoms with Crippen molar-refractivity contribution < 1.29 is 22.2 Å². The summed E-state index contributed by atoms with van der Waals surface area (Å²) in [5.74, 6) is 1.68. The van der Waals surface area contributed by atoms with Gasteiger partial charge >= 0.3 is 0 Å². The van der Waals surface area contributed by atoms with Crippen LogP contribution in [0, 0.1) is 62.9 Å². The van der Waals surface area contributed by atoms with Crippen LogP contribution < -0.4 is 10.6 Å². The zero-order valence-electron chi connectivity index (χ0n) is 25.6. The second kappa shape index (κ2) is 20.7. The van der Waals surface area contributed by atoms with E-state index in [1.165, 1.54) is 74.8 Å². The van der Waals surface area contributed by atoms with E-state index in [0.717, 1.165) is 11.3 Å². The van der Waals surface area contributed by atoms with Crippen LogP contribution in [0.2, 0.25) is 0 Å². The van der Waals surface area contributed by atoms with Crippen LogP contribution in [0.5, 0.6) is 0 Å². The summed E-state index contributed by atoms with van der Waals surface area (Å²) in [5.41, 5.74) is 4.33. The van der Waals surface area contributed by atoms with Gasteiger partial charge in [-0.25, -0.2) is 0 Å². The van der Waals surface area contributed by atoms with Gasteiger partial charge in [0.05, 0.1) is 0 Å². The molecule has 0 aromatic heterocycles. The normalized spacial score (nSPS) is 21.3. The first-order chi connectivity index (χ1) is 20.2. The van der Waals surface area contributed by atoms with Crippen LogP contribution in [-0.2, 0) is 17.1 Å². The fraction of sp³-hybridized carbons (Fsp3) is 0.421. The molecule has 1 nitrogen and oxygen atoms in total. The summed E-state index contributed by atoms with van der Waals surface area (Å²) in [6.45, 7) is 4.55. The Labute approximate surface area is 272 Å². The van der Waals surface area contributed by atoms with Crippen LogP contribution in [0.15, 0.2) is 60.7 Å². The molecule has 4 fully saturated rings. The third kappa shape index (κ3) is 10.7. The van der Waals surface area contributed by atoms with Crippen molar-refractivity contribution in [3.63, 3.8) is 0 Å². The van der Waals surface area contributed by atoms with Crippen molar-refractivity contribution in [2.24, 2.45) is 0 Å². The molecule has 4 aliphatic rings. The van der Waals surface area contributed by atoms with Gasteiger partial charge in [-0.2, -0.15) is 0 Å². The molecule has 0 unspecified atom stereocenters. The van der Waals surface area contributed by atoms with Crippen molar-refractivity contribution >= 4 is 26.5 Å². The standard InChI is InChI=1S/C31H39P2.C5H5.C2H6O.Fe/c1-25(32(26-15-6-2-7-16-26)27-17-8-3-9-18-27)30-23-14-24-31(30)33(28-19-10-4-11-20-28)29-21-12-5-13-22-29;1-2-4-5-3-1;1-2-3;/h4-5,10-14,19-27H,2-3,6-9,15-18H2,1H3;1-5H;3H,2H2,1H3;/t25-;;;/m1.../s1. The molecule has 2 aromatic rings. The molecule has 4 saturated carbocycles. The van der Waals surface area contributed by atoms with Gasteiger partial charge in [0.2, 0.25) is 0 Å². The minimum Gasteiger partial charge on any atom is -0.397 e. The maximum Gasteiger partial charge on any atom is 0.0402 e. The Balaban J connectivity index is 0.000000473. The van der Waals surface area contributed by atoms with E-state index in [0.29, 0.717) is 5.66 Å². The third-order valence-electron chi connectivity index (χ3n) is 8.54. The molecule has 226 valence electrons. The van der Waals surface area contributed by atoms with Crippen LogP contribution in [0.3, 0.4) is 0 Å². The van der Waals surface area contributed by atoms with E-state index in [1.807, 2.05) is 32.1 Å². The summed E-state index contributed by atoms with van der Waals surface area (Å²) in [7, 11) is -0.489. The molecule has 42 heavy (non-hydrogen) atoms. The first-order valence-corrected chi connectivity index (χ1v) is 18.8. The second-order valence-corrected chi connectivity index (χ2v) is 16.7. The largest absolute Gasteiger partial charge is 0.397 e. The van der Waals surface area contributed by atoms with Crippen molar-refractivity contribution in [1.29, 1.82) is 0 Å².